The molecule has 0 aliphatic carbocycles. The molecule has 1 aromatic carbocycles. The molecular weight excluding hydrogens is 276 g/mol. The van der Waals surface area contributed by atoms with E-state index in [2.05, 4.69) is 10.6 Å². The predicted molar refractivity (Wildman–Crippen MR) is 82.5 cm³/mol. The molecule has 2 N–H and O–H groups in total. The normalized spacial score (nSPS) is 17.9. The Hall–Kier alpha value is -1.26. The van der Waals surface area contributed by atoms with Crippen LogP contribution in [0.4, 0.5) is 0 Å². The van der Waals surface area contributed by atoms with Gasteiger partial charge in [-0.2, -0.15) is 0 Å². The highest BCUT2D eigenvalue weighted by molar-refractivity contribution is 5.85. The zero-order valence-electron chi connectivity index (χ0n) is 11.9. The van der Waals surface area contributed by atoms with E-state index >= 15 is 0 Å². The van der Waals surface area contributed by atoms with Gasteiger partial charge >= 0.3 is 0 Å². The maximum atomic E-state index is 11.9. The first-order valence-electron chi connectivity index (χ1n) is 6.93. The summed E-state index contributed by atoms with van der Waals surface area (Å²) in [5, 5.41) is 6.18. The Bertz CT molecular complexity index is 420. The van der Waals surface area contributed by atoms with Crippen molar-refractivity contribution < 1.29 is 9.53 Å². The van der Waals surface area contributed by atoms with Crippen molar-refractivity contribution in [3.05, 3.63) is 29.8 Å². The first-order valence-corrected chi connectivity index (χ1v) is 6.93. The van der Waals surface area contributed by atoms with Crippen molar-refractivity contribution in [3.63, 3.8) is 0 Å². The summed E-state index contributed by atoms with van der Waals surface area (Å²) in [5.74, 6) is 1.11. The Labute approximate surface area is 126 Å². The van der Waals surface area contributed by atoms with Crippen LogP contribution in [0.2, 0.25) is 0 Å². The Balaban J connectivity index is 0.00000200. The summed E-state index contributed by atoms with van der Waals surface area (Å²) < 4.78 is 5.59. The van der Waals surface area contributed by atoms with E-state index in [4.69, 9.17) is 4.74 Å². The Morgan fingerprint density at radius 1 is 1.50 bits per heavy atom. The molecule has 0 unspecified atom stereocenters. The first-order chi connectivity index (χ1) is 9.25. The zero-order chi connectivity index (χ0) is 13.5. The molecule has 0 saturated carbocycles. The SMILES string of the molecule is Cc1cccc(OCCNC(=O)[C@@H]2CCCNC2)c1.Cl. The van der Waals surface area contributed by atoms with Crippen LogP contribution in [0.5, 0.6) is 5.75 Å². The fourth-order valence-corrected chi connectivity index (χ4v) is 2.27. The maximum Gasteiger partial charge on any atom is 0.224 e. The standard InChI is InChI=1S/C15H22N2O2.ClH/c1-12-4-2-6-14(10-12)19-9-8-17-15(18)13-5-3-7-16-11-13;/h2,4,6,10,13,16H,3,5,7-9,11H2,1H3,(H,17,18);1H/t13-;/m1./s1. The molecule has 1 aromatic rings. The molecule has 2 rings (SSSR count). The summed E-state index contributed by atoms with van der Waals surface area (Å²) >= 11 is 0. The van der Waals surface area contributed by atoms with Gasteiger partial charge in [-0.1, -0.05) is 12.1 Å². The zero-order valence-corrected chi connectivity index (χ0v) is 12.7. The van der Waals surface area contributed by atoms with Gasteiger partial charge in [0.15, 0.2) is 0 Å². The van der Waals surface area contributed by atoms with Crippen LogP contribution in [-0.2, 0) is 4.79 Å². The van der Waals surface area contributed by atoms with Crippen molar-refractivity contribution in [1.82, 2.24) is 10.6 Å². The van der Waals surface area contributed by atoms with E-state index in [1.54, 1.807) is 0 Å². The third-order valence-corrected chi connectivity index (χ3v) is 3.33. The monoisotopic (exact) mass is 298 g/mol. The van der Waals surface area contributed by atoms with Crippen molar-refractivity contribution in [2.75, 3.05) is 26.2 Å². The van der Waals surface area contributed by atoms with Crippen LogP contribution in [0.1, 0.15) is 18.4 Å². The minimum atomic E-state index is 0. The number of carbonyl (C=O) groups is 1. The van der Waals surface area contributed by atoms with Crippen LogP contribution in [-0.4, -0.2) is 32.1 Å². The second-order valence-corrected chi connectivity index (χ2v) is 5.00. The number of halogens is 1. The lowest BCUT2D eigenvalue weighted by atomic mass is 9.99. The van der Waals surface area contributed by atoms with E-state index in [1.165, 1.54) is 5.56 Å². The summed E-state index contributed by atoms with van der Waals surface area (Å²) in [6.07, 6.45) is 2.06. The van der Waals surface area contributed by atoms with Crippen LogP contribution >= 0.6 is 12.4 Å². The Morgan fingerprint density at radius 2 is 2.35 bits per heavy atom. The largest absolute Gasteiger partial charge is 0.492 e. The lowest BCUT2D eigenvalue weighted by Crippen LogP contribution is -2.41. The predicted octanol–water partition coefficient (Wildman–Crippen LogP) is 1.91. The fraction of sp³-hybridized carbons (Fsp3) is 0.533. The Morgan fingerprint density at radius 3 is 3.05 bits per heavy atom. The molecule has 0 bridgehead atoms. The molecule has 1 atom stereocenters. The average molecular weight is 299 g/mol. The molecule has 1 aliphatic heterocycles. The summed E-state index contributed by atoms with van der Waals surface area (Å²) in [6.45, 7) is 4.92. The van der Waals surface area contributed by atoms with Gasteiger partial charge in [0.05, 0.1) is 12.5 Å². The third-order valence-electron chi connectivity index (χ3n) is 3.33. The lowest BCUT2D eigenvalue weighted by Gasteiger charge is -2.21. The molecular formula is C15H23ClN2O2. The van der Waals surface area contributed by atoms with Crippen molar-refractivity contribution in [2.24, 2.45) is 5.92 Å². The van der Waals surface area contributed by atoms with Crippen molar-refractivity contribution in [1.29, 1.82) is 0 Å². The van der Waals surface area contributed by atoms with Gasteiger partial charge in [0.1, 0.15) is 12.4 Å². The molecule has 0 radical (unpaired) electrons. The lowest BCUT2D eigenvalue weighted by molar-refractivity contribution is -0.125. The third kappa shape index (κ3) is 5.39. The second-order valence-electron chi connectivity index (χ2n) is 5.00. The molecule has 4 nitrogen and oxygen atoms in total. The van der Waals surface area contributed by atoms with Crippen LogP contribution in [0, 0.1) is 12.8 Å². The highest BCUT2D eigenvalue weighted by atomic mass is 35.5. The molecule has 1 fully saturated rings. The Kier molecular flexibility index (Phi) is 7.41. The van der Waals surface area contributed by atoms with Crippen LogP contribution in [0.15, 0.2) is 24.3 Å². The molecule has 1 heterocycles. The first kappa shape index (κ1) is 16.8. The van der Waals surface area contributed by atoms with E-state index in [0.717, 1.165) is 31.7 Å². The fourth-order valence-electron chi connectivity index (χ4n) is 2.27. The van der Waals surface area contributed by atoms with Crippen molar-refractivity contribution in [2.45, 2.75) is 19.8 Å². The number of ether oxygens (including phenoxy) is 1. The minimum Gasteiger partial charge on any atom is -0.492 e. The smallest absolute Gasteiger partial charge is 0.224 e. The number of amides is 1. The quantitative estimate of drug-likeness (QED) is 0.817. The van der Waals surface area contributed by atoms with Crippen molar-refractivity contribution >= 4 is 18.3 Å². The number of hydrogen-bond acceptors (Lipinski definition) is 3. The van der Waals surface area contributed by atoms with Gasteiger partial charge in [-0.15, -0.1) is 12.4 Å². The topological polar surface area (TPSA) is 50.4 Å². The number of aryl methyl sites for hydroxylation is 1. The van der Waals surface area contributed by atoms with Crippen LogP contribution in [0.3, 0.4) is 0 Å². The number of benzene rings is 1. The molecule has 5 heteroatoms. The average Bonchev–Trinajstić information content (AvgIpc) is 2.44. The van der Waals surface area contributed by atoms with E-state index < -0.39 is 0 Å². The molecule has 1 amide bonds. The highest BCUT2D eigenvalue weighted by Crippen LogP contribution is 2.12. The van der Waals surface area contributed by atoms with Crippen molar-refractivity contribution in [3.8, 4) is 5.75 Å². The van der Waals surface area contributed by atoms with Gasteiger partial charge in [0.2, 0.25) is 5.91 Å². The van der Waals surface area contributed by atoms with E-state index in [1.807, 2.05) is 31.2 Å². The summed E-state index contributed by atoms with van der Waals surface area (Å²) in [4.78, 5) is 11.9. The maximum absolute atomic E-state index is 11.9. The molecule has 1 aliphatic rings. The number of carbonyl (C=O) groups excluding carboxylic acids is 1. The van der Waals surface area contributed by atoms with E-state index in [-0.39, 0.29) is 24.2 Å². The number of nitrogens with one attached hydrogen (secondary N) is 2. The van der Waals surface area contributed by atoms with Gasteiger partial charge in [0, 0.05) is 6.54 Å². The minimum absolute atomic E-state index is 0. The van der Waals surface area contributed by atoms with Gasteiger partial charge in [-0.3, -0.25) is 4.79 Å². The van der Waals surface area contributed by atoms with Gasteiger partial charge in [0.25, 0.3) is 0 Å². The number of hydrogen-bond donors (Lipinski definition) is 2. The summed E-state index contributed by atoms with van der Waals surface area (Å²) in [5.41, 5.74) is 1.18. The molecule has 0 aromatic heterocycles. The molecule has 112 valence electrons. The van der Waals surface area contributed by atoms with Gasteiger partial charge in [-0.05, 0) is 44.0 Å². The second kappa shape index (κ2) is 8.82. The number of rotatable bonds is 5. The van der Waals surface area contributed by atoms with Gasteiger partial charge in [-0.25, -0.2) is 0 Å². The van der Waals surface area contributed by atoms with E-state index in [0.29, 0.717) is 13.2 Å². The summed E-state index contributed by atoms with van der Waals surface area (Å²) in [6, 6.07) is 7.93. The van der Waals surface area contributed by atoms with Crippen LogP contribution in [0.25, 0.3) is 0 Å². The number of piperidine rings is 1. The summed E-state index contributed by atoms with van der Waals surface area (Å²) in [7, 11) is 0. The molecule has 20 heavy (non-hydrogen) atoms. The molecule has 0 spiro atoms. The van der Waals surface area contributed by atoms with Crippen LogP contribution < -0.4 is 15.4 Å². The highest BCUT2D eigenvalue weighted by Gasteiger charge is 2.20. The molecule has 1 saturated heterocycles. The van der Waals surface area contributed by atoms with E-state index in [9.17, 15) is 4.79 Å². The van der Waals surface area contributed by atoms with Gasteiger partial charge < -0.3 is 15.4 Å².